The lowest BCUT2D eigenvalue weighted by molar-refractivity contribution is 0.301. The molecule has 0 atom stereocenters. The Bertz CT molecular complexity index is 590. The summed E-state index contributed by atoms with van der Waals surface area (Å²) in [5, 5.41) is 0.699. The summed E-state index contributed by atoms with van der Waals surface area (Å²) in [5.74, 6) is 0.551. The summed E-state index contributed by atoms with van der Waals surface area (Å²) >= 11 is 9.31. The normalized spacial score (nSPS) is 10.6. The SMILES string of the molecule is Cc1cc(Cl)cc(C)c1OCc1ccc(F)cc1Br. The van der Waals surface area contributed by atoms with Gasteiger partial charge in [0.15, 0.2) is 0 Å². The summed E-state index contributed by atoms with van der Waals surface area (Å²) in [5.41, 5.74) is 2.88. The van der Waals surface area contributed by atoms with E-state index in [0.717, 1.165) is 22.4 Å². The van der Waals surface area contributed by atoms with Crippen LogP contribution in [0.3, 0.4) is 0 Å². The smallest absolute Gasteiger partial charge is 0.125 e. The predicted molar refractivity (Wildman–Crippen MR) is 79.4 cm³/mol. The second-order valence-electron chi connectivity index (χ2n) is 4.39. The molecule has 0 N–H and O–H groups in total. The summed E-state index contributed by atoms with van der Waals surface area (Å²) in [6, 6.07) is 8.29. The van der Waals surface area contributed by atoms with Crippen LogP contribution in [0.4, 0.5) is 4.39 Å². The number of halogens is 3. The van der Waals surface area contributed by atoms with Crippen molar-refractivity contribution in [1.29, 1.82) is 0 Å². The maximum atomic E-state index is 13.0. The van der Waals surface area contributed by atoms with Gasteiger partial charge in [-0.1, -0.05) is 33.6 Å². The molecule has 0 heterocycles. The van der Waals surface area contributed by atoms with Gasteiger partial charge in [-0.2, -0.15) is 0 Å². The second-order valence-corrected chi connectivity index (χ2v) is 5.68. The highest BCUT2D eigenvalue weighted by Gasteiger charge is 2.08. The Morgan fingerprint density at radius 3 is 2.37 bits per heavy atom. The molecule has 0 saturated heterocycles. The number of hydrogen-bond donors (Lipinski definition) is 0. The monoisotopic (exact) mass is 342 g/mol. The van der Waals surface area contributed by atoms with Crippen molar-refractivity contribution in [2.24, 2.45) is 0 Å². The maximum absolute atomic E-state index is 13.0. The summed E-state index contributed by atoms with van der Waals surface area (Å²) < 4.78 is 19.5. The molecule has 2 aromatic carbocycles. The van der Waals surface area contributed by atoms with Crippen molar-refractivity contribution >= 4 is 27.5 Å². The van der Waals surface area contributed by atoms with Crippen LogP contribution in [0, 0.1) is 19.7 Å². The van der Waals surface area contributed by atoms with Gasteiger partial charge < -0.3 is 4.74 Å². The lowest BCUT2D eigenvalue weighted by Gasteiger charge is -2.13. The van der Waals surface area contributed by atoms with Gasteiger partial charge in [-0.25, -0.2) is 4.39 Å². The van der Waals surface area contributed by atoms with Gasteiger partial charge in [0.25, 0.3) is 0 Å². The van der Waals surface area contributed by atoms with Crippen LogP contribution in [0.25, 0.3) is 0 Å². The molecule has 0 amide bonds. The van der Waals surface area contributed by atoms with Gasteiger partial charge in [0.2, 0.25) is 0 Å². The van der Waals surface area contributed by atoms with Crippen LogP contribution in [0.2, 0.25) is 5.02 Å². The van der Waals surface area contributed by atoms with Crippen molar-refractivity contribution < 1.29 is 9.13 Å². The van der Waals surface area contributed by atoms with E-state index in [9.17, 15) is 4.39 Å². The molecule has 0 aliphatic heterocycles. The first-order chi connectivity index (χ1) is 8.97. The Hall–Kier alpha value is -1.06. The minimum Gasteiger partial charge on any atom is -0.488 e. The number of aryl methyl sites for hydroxylation is 2. The lowest BCUT2D eigenvalue weighted by Crippen LogP contribution is -2.00. The van der Waals surface area contributed by atoms with Gasteiger partial charge in [-0.3, -0.25) is 0 Å². The molecule has 0 aliphatic carbocycles. The van der Waals surface area contributed by atoms with E-state index >= 15 is 0 Å². The van der Waals surface area contributed by atoms with Gasteiger partial charge in [-0.15, -0.1) is 0 Å². The standard InChI is InChI=1S/C15H13BrClFO/c1-9-5-12(17)6-10(2)15(9)19-8-11-3-4-13(18)7-14(11)16/h3-7H,8H2,1-2H3. The van der Waals surface area contributed by atoms with E-state index in [-0.39, 0.29) is 5.82 Å². The molecule has 2 aromatic rings. The molecule has 4 heteroatoms. The lowest BCUT2D eigenvalue weighted by atomic mass is 10.1. The summed E-state index contributed by atoms with van der Waals surface area (Å²) in [6.45, 7) is 4.28. The number of ether oxygens (including phenoxy) is 1. The first-order valence-corrected chi connectivity index (χ1v) is 6.98. The number of hydrogen-bond acceptors (Lipinski definition) is 1. The number of rotatable bonds is 3. The fraction of sp³-hybridized carbons (Fsp3) is 0.200. The van der Waals surface area contributed by atoms with E-state index in [0.29, 0.717) is 16.1 Å². The topological polar surface area (TPSA) is 9.23 Å². The third kappa shape index (κ3) is 3.48. The van der Waals surface area contributed by atoms with Crippen LogP contribution >= 0.6 is 27.5 Å². The van der Waals surface area contributed by atoms with E-state index in [1.165, 1.54) is 12.1 Å². The Labute approximate surface area is 125 Å². The zero-order valence-corrected chi connectivity index (χ0v) is 13.0. The van der Waals surface area contributed by atoms with Crippen LogP contribution in [0.5, 0.6) is 5.75 Å². The van der Waals surface area contributed by atoms with Crippen molar-refractivity contribution in [2.45, 2.75) is 20.5 Å². The van der Waals surface area contributed by atoms with E-state index in [1.807, 2.05) is 26.0 Å². The molecule has 19 heavy (non-hydrogen) atoms. The molecule has 0 spiro atoms. The second kappa shape index (κ2) is 5.93. The molecule has 0 fully saturated rings. The molecule has 0 aliphatic rings. The van der Waals surface area contributed by atoms with Crippen LogP contribution in [-0.2, 0) is 6.61 Å². The zero-order chi connectivity index (χ0) is 14.0. The minimum absolute atomic E-state index is 0.269. The first-order valence-electron chi connectivity index (χ1n) is 5.81. The predicted octanol–water partition coefficient (Wildman–Crippen LogP) is 5.44. The molecular weight excluding hydrogens is 331 g/mol. The summed E-state index contributed by atoms with van der Waals surface area (Å²) in [6.07, 6.45) is 0. The maximum Gasteiger partial charge on any atom is 0.125 e. The van der Waals surface area contributed by atoms with E-state index in [2.05, 4.69) is 15.9 Å². The van der Waals surface area contributed by atoms with Gasteiger partial charge in [0, 0.05) is 15.1 Å². The largest absolute Gasteiger partial charge is 0.488 e. The molecule has 2 rings (SSSR count). The van der Waals surface area contributed by atoms with Crippen molar-refractivity contribution in [1.82, 2.24) is 0 Å². The average molecular weight is 344 g/mol. The van der Waals surface area contributed by atoms with Gasteiger partial charge in [-0.05, 0) is 49.2 Å². The van der Waals surface area contributed by atoms with Crippen LogP contribution in [0.15, 0.2) is 34.8 Å². The van der Waals surface area contributed by atoms with Crippen LogP contribution in [-0.4, -0.2) is 0 Å². The quantitative estimate of drug-likeness (QED) is 0.721. The Kier molecular flexibility index (Phi) is 4.48. The van der Waals surface area contributed by atoms with Gasteiger partial charge >= 0.3 is 0 Å². The molecule has 100 valence electrons. The van der Waals surface area contributed by atoms with Gasteiger partial charge in [0.1, 0.15) is 18.2 Å². The molecule has 0 unspecified atom stereocenters. The molecule has 0 radical (unpaired) electrons. The fourth-order valence-electron chi connectivity index (χ4n) is 1.91. The minimum atomic E-state index is -0.269. The summed E-state index contributed by atoms with van der Waals surface area (Å²) in [7, 11) is 0. The third-order valence-corrected chi connectivity index (χ3v) is 3.77. The number of benzene rings is 2. The highest BCUT2D eigenvalue weighted by molar-refractivity contribution is 9.10. The molecule has 0 bridgehead atoms. The van der Waals surface area contributed by atoms with Gasteiger partial charge in [0.05, 0.1) is 0 Å². The summed E-state index contributed by atoms with van der Waals surface area (Å²) in [4.78, 5) is 0. The highest BCUT2D eigenvalue weighted by atomic mass is 79.9. The Morgan fingerprint density at radius 2 is 1.79 bits per heavy atom. The van der Waals surface area contributed by atoms with E-state index in [1.54, 1.807) is 6.07 Å². The molecule has 0 aromatic heterocycles. The van der Waals surface area contributed by atoms with E-state index in [4.69, 9.17) is 16.3 Å². The molecule has 0 saturated carbocycles. The Balaban J connectivity index is 2.19. The van der Waals surface area contributed by atoms with E-state index < -0.39 is 0 Å². The van der Waals surface area contributed by atoms with Crippen molar-refractivity contribution in [3.8, 4) is 5.75 Å². The van der Waals surface area contributed by atoms with Crippen LogP contribution in [0.1, 0.15) is 16.7 Å². The average Bonchev–Trinajstić information content (AvgIpc) is 2.30. The third-order valence-electron chi connectivity index (χ3n) is 2.81. The highest BCUT2D eigenvalue weighted by Crippen LogP contribution is 2.28. The van der Waals surface area contributed by atoms with Crippen LogP contribution < -0.4 is 4.74 Å². The molecular formula is C15H13BrClFO. The fourth-order valence-corrected chi connectivity index (χ4v) is 2.71. The zero-order valence-electron chi connectivity index (χ0n) is 10.6. The molecule has 1 nitrogen and oxygen atoms in total. The Morgan fingerprint density at radius 1 is 1.16 bits per heavy atom. The van der Waals surface area contributed by atoms with Crippen molar-refractivity contribution in [3.63, 3.8) is 0 Å². The van der Waals surface area contributed by atoms with Crippen molar-refractivity contribution in [2.75, 3.05) is 0 Å². The van der Waals surface area contributed by atoms with Crippen molar-refractivity contribution in [3.05, 3.63) is 62.3 Å². The first kappa shape index (κ1) is 14.4.